The fraction of sp³-hybridized carbons (Fsp3) is 0.467. The van der Waals surface area contributed by atoms with E-state index >= 15 is 0 Å². The van der Waals surface area contributed by atoms with E-state index in [0.717, 1.165) is 29.4 Å². The number of aromatic nitrogens is 3. The number of aryl methyl sites for hydroxylation is 1. The van der Waals surface area contributed by atoms with Gasteiger partial charge in [-0.3, -0.25) is 0 Å². The van der Waals surface area contributed by atoms with Gasteiger partial charge in [-0.15, -0.1) is 10.2 Å². The van der Waals surface area contributed by atoms with Crippen molar-refractivity contribution >= 4 is 0 Å². The minimum Gasteiger partial charge on any atom is -0.493 e. The molecule has 6 heteroatoms. The van der Waals surface area contributed by atoms with Gasteiger partial charge >= 0.3 is 0 Å². The second kappa shape index (κ2) is 6.58. The lowest BCUT2D eigenvalue weighted by molar-refractivity contribution is 0.269. The van der Waals surface area contributed by atoms with Crippen LogP contribution in [0.4, 0.5) is 0 Å². The summed E-state index contributed by atoms with van der Waals surface area (Å²) in [6.07, 6.45) is 0.727. The quantitative estimate of drug-likeness (QED) is 0.874. The van der Waals surface area contributed by atoms with Crippen molar-refractivity contribution in [3.05, 3.63) is 35.4 Å². The zero-order valence-electron chi connectivity index (χ0n) is 13.0. The van der Waals surface area contributed by atoms with Crippen molar-refractivity contribution < 1.29 is 9.47 Å². The number of rotatable bonds is 6. The molecule has 2 N–H and O–H groups in total. The number of ether oxygens (including phenoxy) is 2. The molecule has 1 aromatic heterocycles. The van der Waals surface area contributed by atoms with Gasteiger partial charge in [0.1, 0.15) is 12.4 Å². The van der Waals surface area contributed by atoms with Gasteiger partial charge in [-0.05, 0) is 31.9 Å². The SMILES string of the molecule is COc1cccc(CC(C)N)c1OCc1nnc(C)n1C. The van der Waals surface area contributed by atoms with Crippen molar-refractivity contribution in [3.8, 4) is 11.5 Å². The monoisotopic (exact) mass is 290 g/mol. The molecule has 21 heavy (non-hydrogen) atoms. The number of nitrogens with zero attached hydrogens (tertiary/aromatic N) is 3. The molecule has 0 saturated heterocycles. The van der Waals surface area contributed by atoms with Crippen molar-refractivity contribution in [3.63, 3.8) is 0 Å². The van der Waals surface area contributed by atoms with Crippen LogP contribution in [0.2, 0.25) is 0 Å². The summed E-state index contributed by atoms with van der Waals surface area (Å²) in [5, 5.41) is 8.12. The fourth-order valence-electron chi connectivity index (χ4n) is 2.11. The maximum Gasteiger partial charge on any atom is 0.170 e. The highest BCUT2D eigenvalue weighted by molar-refractivity contribution is 5.47. The van der Waals surface area contributed by atoms with E-state index in [1.807, 2.05) is 43.7 Å². The molecule has 0 aliphatic rings. The summed E-state index contributed by atoms with van der Waals surface area (Å²) in [5.41, 5.74) is 6.93. The average Bonchev–Trinajstić information content (AvgIpc) is 2.76. The van der Waals surface area contributed by atoms with Crippen LogP contribution in [0.1, 0.15) is 24.1 Å². The number of hydrogen-bond acceptors (Lipinski definition) is 5. The summed E-state index contributed by atoms with van der Waals surface area (Å²) in [4.78, 5) is 0. The number of hydrogen-bond donors (Lipinski definition) is 1. The summed E-state index contributed by atoms with van der Waals surface area (Å²) in [6, 6.07) is 5.87. The largest absolute Gasteiger partial charge is 0.493 e. The van der Waals surface area contributed by atoms with Crippen LogP contribution in [0.15, 0.2) is 18.2 Å². The first kappa shape index (κ1) is 15.3. The summed E-state index contributed by atoms with van der Waals surface area (Å²) < 4.78 is 13.2. The topological polar surface area (TPSA) is 75.2 Å². The molecule has 1 heterocycles. The summed E-state index contributed by atoms with van der Waals surface area (Å²) in [5.74, 6) is 3.04. The number of benzene rings is 1. The standard InChI is InChI=1S/C15H22N4O2/c1-10(16)8-12-6-5-7-13(20-4)15(12)21-9-14-18-17-11(2)19(14)3/h5-7,10H,8-9,16H2,1-4H3. The molecule has 2 aromatic rings. The molecular weight excluding hydrogens is 268 g/mol. The summed E-state index contributed by atoms with van der Waals surface area (Å²) in [6.45, 7) is 4.21. The van der Waals surface area contributed by atoms with Gasteiger partial charge < -0.3 is 19.8 Å². The molecule has 0 saturated carbocycles. The van der Waals surface area contributed by atoms with E-state index in [4.69, 9.17) is 15.2 Å². The zero-order valence-corrected chi connectivity index (χ0v) is 13.0. The van der Waals surface area contributed by atoms with E-state index in [-0.39, 0.29) is 6.04 Å². The first-order chi connectivity index (χ1) is 10.0. The van der Waals surface area contributed by atoms with Gasteiger partial charge in [-0.1, -0.05) is 12.1 Å². The Balaban J connectivity index is 2.23. The number of nitrogens with two attached hydrogens (primary N) is 1. The number of methoxy groups -OCH3 is 1. The van der Waals surface area contributed by atoms with Gasteiger partial charge in [0, 0.05) is 13.1 Å². The Bertz CT molecular complexity index is 608. The third kappa shape index (κ3) is 3.52. The molecule has 1 unspecified atom stereocenters. The Morgan fingerprint density at radius 1 is 1.33 bits per heavy atom. The van der Waals surface area contributed by atoms with E-state index in [0.29, 0.717) is 12.4 Å². The lowest BCUT2D eigenvalue weighted by Crippen LogP contribution is -2.18. The van der Waals surface area contributed by atoms with E-state index in [1.54, 1.807) is 7.11 Å². The Kier molecular flexibility index (Phi) is 4.80. The molecule has 0 fully saturated rings. The predicted octanol–water partition coefficient (Wildman–Crippen LogP) is 1.60. The highest BCUT2D eigenvalue weighted by atomic mass is 16.5. The second-order valence-electron chi connectivity index (χ2n) is 5.14. The van der Waals surface area contributed by atoms with Crippen LogP contribution in [0.25, 0.3) is 0 Å². The smallest absolute Gasteiger partial charge is 0.170 e. The molecule has 2 rings (SSSR count). The van der Waals surface area contributed by atoms with Gasteiger partial charge in [0.25, 0.3) is 0 Å². The summed E-state index contributed by atoms with van der Waals surface area (Å²) in [7, 11) is 3.55. The Morgan fingerprint density at radius 2 is 2.10 bits per heavy atom. The molecule has 114 valence electrons. The van der Waals surface area contributed by atoms with Crippen LogP contribution >= 0.6 is 0 Å². The van der Waals surface area contributed by atoms with Crippen LogP contribution in [0.5, 0.6) is 11.5 Å². The first-order valence-corrected chi connectivity index (χ1v) is 6.92. The Morgan fingerprint density at radius 3 is 2.67 bits per heavy atom. The molecular formula is C15H22N4O2. The second-order valence-corrected chi connectivity index (χ2v) is 5.14. The van der Waals surface area contributed by atoms with Crippen molar-refractivity contribution in [2.75, 3.05) is 7.11 Å². The lowest BCUT2D eigenvalue weighted by atomic mass is 10.1. The molecule has 0 spiro atoms. The Labute approximate surface area is 124 Å². The highest BCUT2D eigenvalue weighted by Gasteiger charge is 2.14. The van der Waals surface area contributed by atoms with Crippen LogP contribution < -0.4 is 15.2 Å². The van der Waals surface area contributed by atoms with Gasteiger partial charge in [-0.2, -0.15) is 0 Å². The predicted molar refractivity (Wildman–Crippen MR) is 80.4 cm³/mol. The van der Waals surface area contributed by atoms with Gasteiger partial charge in [0.15, 0.2) is 17.3 Å². The average molecular weight is 290 g/mol. The third-order valence-electron chi connectivity index (χ3n) is 3.35. The molecule has 1 atom stereocenters. The van der Waals surface area contributed by atoms with Gasteiger partial charge in [-0.25, -0.2) is 0 Å². The molecule has 0 radical (unpaired) electrons. The molecule has 6 nitrogen and oxygen atoms in total. The maximum atomic E-state index is 5.94. The highest BCUT2D eigenvalue weighted by Crippen LogP contribution is 2.32. The van der Waals surface area contributed by atoms with E-state index in [9.17, 15) is 0 Å². The van der Waals surface area contributed by atoms with Crippen molar-refractivity contribution in [2.24, 2.45) is 12.8 Å². The fourth-order valence-corrected chi connectivity index (χ4v) is 2.11. The molecule has 0 bridgehead atoms. The van der Waals surface area contributed by atoms with Crippen LogP contribution in [-0.2, 0) is 20.1 Å². The summed E-state index contributed by atoms with van der Waals surface area (Å²) >= 11 is 0. The van der Waals surface area contributed by atoms with Gasteiger partial charge in [0.05, 0.1) is 7.11 Å². The van der Waals surface area contributed by atoms with Gasteiger partial charge in [0.2, 0.25) is 0 Å². The number of para-hydroxylation sites is 1. The zero-order chi connectivity index (χ0) is 15.4. The molecule has 0 amide bonds. The van der Waals surface area contributed by atoms with E-state index in [1.165, 1.54) is 0 Å². The minimum absolute atomic E-state index is 0.0523. The van der Waals surface area contributed by atoms with Crippen LogP contribution in [0, 0.1) is 6.92 Å². The van der Waals surface area contributed by atoms with Crippen LogP contribution in [0.3, 0.4) is 0 Å². The molecule has 0 aliphatic carbocycles. The molecule has 1 aromatic carbocycles. The normalized spacial score (nSPS) is 12.2. The third-order valence-corrected chi connectivity index (χ3v) is 3.35. The van der Waals surface area contributed by atoms with Crippen molar-refractivity contribution in [2.45, 2.75) is 32.9 Å². The van der Waals surface area contributed by atoms with E-state index in [2.05, 4.69) is 10.2 Å². The Hall–Kier alpha value is -2.08. The van der Waals surface area contributed by atoms with Crippen molar-refractivity contribution in [1.29, 1.82) is 0 Å². The minimum atomic E-state index is 0.0523. The lowest BCUT2D eigenvalue weighted by Gasteiger charge is -2.16. The van der Waals surface area contributed by atoms with Crippen molar-refractivity contribution in [1.82, 2.24) is 14.8 Å². The first-order valence-electron chi connectivity index (χ1n) is 6.92. The van der Waals surface area contributed by atoms with E-state index < -0.39 is 0 Å². The molecule has 0 aliphatic heterocycles. The van der Waals surface area contributed by atoms with Crippen LogP contribution in [-0.4, -0.2) is 27.9 Å². The maximum absolute atomic E-state index is 5.94.